The van der Waals surface area contributed by atoms with Crippen LogP contribution in [0.2, 0.25) is 0 Å². The number of halogens is 1. The number of rotatable bonds is 6. The summed E-state index contributed by atoms with van der Waals surface area (Å²) < 4.78 is 28.3. The summed E-state index contributed by atoms with van der Waals surface area (Å²) in [5, 5.41) is 15.7. The van der Waals surface area contributed by atoms with Crippen LogP contribution in [0.5, 0.6) is 0 Å². The molecular formula is C11H11BrN4O4S. The number of benzene rings is 1. The Bertz CT molecular complexity index is 759. The molecule has 2 rings (SSSR count). The maximum Gasteiger partial charge on any atom is 0.358 e. The molecule has 2 aromatic rings. The van der Waals surface area contributed by atoms with Crippen molar-refractivity contribution in [1.82, 2.24) is 19.7 Å². The highest BCUT2D eigenvalue weighted by Crippen LogP contribution is 2.20. The van der Waals surface area contributed by atoms with Crippen molar-refractivity contribution in [3.8, 4) is 0 Å². The van der Waals surface area contributed by atoms with E-state index in [1.807, 2.05) is 0 Å². The number of carbonyl (C=O) groups is 1. The Morgan fingerprint density at radius 1 is 1.38 bits per heavy atom. The van der Waals surface area contributed by atoms with Crippen LogP contribution in [-0.2, 0) is 16.6 Å². The lowest BCUT2D eigenvalue weighted by atomic mass is 10.4. The summed E-state index contributed by atoms with van der Waals surface area (Å²) in [6.07, 6.45) is 1.23. The van der Waals surface area contributed by atoms with Crippen molar-refractivity contribution < 1.29 is 18.3 Å². The van der Waals surface area contributed by atoms with E-state index in [9.17, 15) is 13.2 Å². The molecule has 10 heteroatoms. The molecule has 1 aromatic heterocycles. The SMILES string of the molecule is O=C(O)c1cn(CCNS(=O)(=O)c2ccccc2Br)nn1. The van der Waals surface area contributed by atoms with Gasteiger partial charge in [0.1, 0.15) is 0 Å². The predicted octanol–water partition coefficient (Wildman–Crippen LogP) is 0.717. The first kappa shape index (κ1) is 15.6. The van der Waals surface area contributed by atoms with E-state index in [0.29, 0.717) is 4.47 Å². The number of hydrogen-bond acceptors (Lipinski definition) is 5. The zero-order chi connectivity index (χ0) is 15.5. The molecule has 0 aliphatic carbocycles. The van der Waals surface area contributed by atoms with Crippen LogP contribution < -0.4 is 4.72 Å². The molecule has 0 fully saturated rings. The number of aromatic nitrogens is 3. The largest absolute Gasteiger partial charge is 0.476 e. The molecule has 0 atom stereocenters. The summed E-state index contributed by atoms with van der Waals surface area (Å²) in [6, 6.07) is 6.44. The lowest BCUT2D eigenvalue weighted by Gasteiger charge is -2.08. The Balaban J connectivity index is 1.99. The molecule has 8 nitrogen and oxygen atoms in total. The third kappa shape index (κ3) is 3.86. The summed E-state index contributed by atoms with van der Waals surface area (Å²) >= 11 is 3.18. The third-order valence-corrected chi connectivity index (χ3v) is 4.99. The molecule has 0 aliphatic rings. The van der Waals surface area contributed by atoms with Crippen LogP contribution in [0.4, 0.5) is 0 Å². The van der Waals surface area contributed by atoms with Gasteiger partial charge in [-0.15, -0.1) is 5.10 Å². The molecule has 0 saturated heterocycles. The minimum atomic E-state index is -3.65. The summed E-state index contributed by atoms with van der Waals surface area (Å²) in [5.41, 5.74) is -0.191. The highest BCUT2D eigenvalue weighted by atomic mass is 79.9. The van der Waals surface area contributed by atoms with E-state index >= 15 is 0 Å². The molecule has 112 valence electrons. The fourth-order valence-corrected chi connectivity index (χ4v) is 3.56. The second kappa shape index (κ2) is 6.33. The van der Waals surface area contributed by atoms with Gasteiger partial charge < -0.3 is 5.11 Å². The number of aromatic carboxylic acids is 1. The molecule has 0 amide bonds. The second-order valence-electron chi connectivity index (χ2n) is 4.00. The Morgan fingerprint density at radius 2 is 2.10 bits per heavy atom. The first-order chi connectivity index (χ1) is 9.90. The van der Waals surface area contributed by atoms with Gasteiger partial charge in [0.25, 0.3) is 0 Å². The zero-order valence-electron chi connectivity index (χ0n) is 10.6. The van der Waals surface area contributed by atoms with E-state index in [0.717, 1.165) is 0 Å². The van der Waals surface area contributed by atoms with Gasteiger partial charge in [-0.3, -0.25) is 4.68 Å². The van der Waals surface area contributed by atoms with Crippen molar-refractivity contribution in [3.05, 3.63) is 40.6 Å². The number of carboxylic acid groups (broad SMARTS) is 1. The molecular weight excluding hydrogens is 364 g/mol. The van der Waals surface area contributed by atoms with Gasteiger partial charge in [0, 0.05) is 11.0 Å². The minimum Gasteiger partial charge on any atom is -0.476 e. The van der Waals surface area contributed by atoms with Crippen molar-refractivity contribution in [2.75, 3.05) is 6.54 Å². The monoisotopic (exact) mass is 374 g/mol. The first-order valence-electron chi connectivity index (χ1n) is 5.78. The highest BCUT2D eigenvalue weighted by molar-refractivity contribution is 9.10. The van der Waals surface area contributed by atoms with E-state index in [1.165, 1.54) is 16.9 Å². The lowest BCUT2D eigenvalue weighted by Crippen LogP contribution is -2.27. The van der Waals surface area contributed by atoms with Gasteiger partial charge in [0.2, 0.25) is 10.0 Å². The molecule has 0 radical (unpaired) electrons. The number of carboxylic acids is 1. The topological polar surface area (TPSA) is 114 Å². The van der Waals surface area contributed by atoms with Crippen LogP contribution in [0.25, 0.3) is 0 Å². The summed E-state index contributed by atoms with van der Waals surface area (Å²) in [5.74, 6) is -1.19. The quantitative estimate of drug-likeness (QED) is 0.769. The van der Waals surface area contributed by atoms with Crippen molar-refractivity contribution in [1.29, 1.82) is 0 Å². The molecule has 0 spiro atoms. The third-order valence-electron chi connectivity index (χ3n) is 2.52. The Kier molecular flexibility index (Phi) is 4.70. The van der Waals surface area contributed by atoms with Gasteiger partial charge in [0.15, 0.2) is 5.69 Å². The van der Waals surface area contributed by atoms with E-state index in [-0.39, 0.29) is 23.7 Å². The molecule has 21 heavy (non-hydrogen) atoms. The molecule has 0 saturated carbocycles. The van der Waals surface area contributed by atoms with Crippen molar-refractivity contribution >= 4 is 31.9 Å². The van der Waals surface area contributed by atoms with E-state index < -0.39 is 16.0 Å². The summed E-state index contributed by atoms with van der Waals surface area (Å²) in [6.45, 7) is 0.232. The van der Waals surface area contributed by atoms with Gasteiger partial charge in [0.05, 0.1) is 17.6 Å². The van der Waals surface area contributed by atoms with Gasteiger partial charge in [-0.25, -0.2) is 17.9 Å². The minimum absolute atomic E-state index is 0.0616. The van der Waals surface area contributed by atoms with E-state index in [2.05, 4.69) is 31.0 Å². The van der Waals surface area contributed by atoms with Crippen LogP contribution in [0.15, 0.2) is 39.8 Å². The van der Waals surface area contributed by atoms with E-state index in [4.69, 9.17) is 5.11 Å². The number of hydrogen-bond donors (Lipinski definition) is 2. The van der Waals surface area contributed by atoms with Crippen LogP contribution in [0.1, 0.15) is 10.5 Å². The average Bonchev–Trinajstić information content (AvgIpc) is 2.88. The standard InChI is InChI=1S/C11H11BrN4O4S/c12-8-3-1-2-4-10(8)21(19,20)13-5-6-16-7-9(11(17)18)14-15-16/h1-4,7,13H,5-6H2,(H,17,18). The lowest BCUT2D eigenvalue weighted by molar-refractivity contribution is 0.0690. The smallest absolute Gasteiger partial charge is 0.358 e. The van der Waals surface area contributed by atoms with Crippen molar-refractivity contribution in [3.63, 3.8) is 0 Å². The van der Waals surface area contributed by atoms with Gasteiger partial charge in [-0.2, -0.15) is 0 Å². The van der Waals surface area contributed by atoms with Crippen LogP contribution in [-0.4, -0.2) is 41.0 Å². The van der Waals surface area contributed by atoms with Crippen LogP contribution >= 0.6 is 15.9 Å². The highest BCUT2D eigenvalue weighted by Gasteiger charge is 2.16. The maximum atomic E-state index is 12.1. The zero-order valence-corrected chi connectivity index (χ0v) is 13.0. The fraction of sp³-hybridized carbons (Fsp3) is 0.182. The van der Waals surface area contributed by atoms with Crippen LogP contribution in [0.3, 0.4) is 0 Å². The van der Waals surface area contributed by atoms with Crippen molar-refractivity contribution in [2.45, 2.75) is 11.4 Å². The van der Waals surface area contributed by atoms with E-state index in [1.54, 1.807) is 18.2 Å². The van der Waals surface area contributed by atoms with Crippen LogP contribution in [0, 0.1) is 0 Å². The second-order valence-corrected chi connectivity index (χ2v) is 6.59. The molecule has 0 bridgehead atoms. The first-order valence-corrected chi connectivity index (χ1v) is 8.05. The average molecular weight is 375 g/mol. The summed E-state index contributed by atoms with van der Waals surface area (Å²) in [4.78, 5) is 10.8. The molecule has 1 aromatic carbocycles. The number of nitrogens with one attached hydrogen (secondary N) is 1. The fourth-order valence-electron chi connectivity index (χ4n) is 1.54. The van der Waals surface area contributed by atoms with Crippen molar-refractivity contribution in [2.24, 2.45) is 0 Å². The predicted molar refractivity (Wildman–Crippen MR) is 76.3 cm³/mol. The normalized spacial score (nSPS) is 11.5. The van der Waals surface area contributed by atoms with Gasteiger partial charge in [-0.05, 0) is 28.1 Å². The van der Waals surface area contributed by atoms with Gasteiger partial charge in [-0.1, -0.05) is 17.3 Å². The molecule has 1 heterocycles. The molecule has 2 N–H and O–H groups in total. The molecule has 0 aliphatic heterocycles. The maximum absolute atomic E-state index is 12.1. The Labute approximate surface area is 129 Å². The summed E-state index contributed by atoms with van der Waals surface area (Å²) in [7, 11) is -3.65. The molecule has 0 unspecified atom stereocenters. The number of nitrogens with zero attached hydrogens (tertiary/aromatic N) is 3. The Morgan fingerprint density at radius 3 is 2.71 bits per heavy atom. The Hall–Kier alpha value is -1.78. The van der Waals surface area contributed by atoms with Gasteiger partial charge >= 0.3 is 5.97 Å². The number of sulfonamides is 1.